The van der Waals surface area contributed by atoms with Crippen LogP contribution in [0.2, 0.25) is 0 Å². The number of unbranched alkanes of at least 4 members (excludes halogenated alkanes) is 3. The molecule has 1 aliphatic rings. The molecule has 0 aliphatic heterocycles. The Balaban J connectivity index is 2.58. The molecular formula is C23H30O5. The van der Waals surface area contributed by atoms with E-state index in [1.165, 1.54) is 14.2 Å². The Labute approximate surface area is 167 Å². The quantitative estimate of drug-likeness (QED) is 0.335. The van der Waals surface area contributed by atoms with Crippen LogP contribution in [0.3, 0.4) is 0 Å². The summed E-state index contributed by atoms with van der Waals surface area (Å²) in [5.41, 5.74) is 1.75. The summed E-state index contributed by atoms with van der Waals surface area (Å²) >= 11 is 0. The number of benzene rings is 1. The van der Waals surface area contributed by atoms with Crippen molar-refractivity contribution in [1.82, 2.24) is 0 Å². The molecule has 1 aliphatic carbocycles. The van der Waals surface area contributed by atoms with E-state index in [9.17, 15) is 14.7 Å². The Morgan fingerprint density at radius 2 is 1.75 bits per heavy atom. The van der Waals surface area contributed by atoms with E-state index < -0.39 is 17.4 Å². The standard InChI is InChI=1S/C23H30O5/c1-5-7-9-10-12-17-18(11-8-6-2)20(24)13-16-14-23(15-19(16)17,21(25)27-3)22(26)28-4/h13,24H,5-9,11,14-15H2,1-4H3. The minimum absolute atomic E-state index is 0.146. The van der Waals surface area contributed by atoms with Crippen LogP contribution in [0.15, 0.2) is 6.07 Å². The van der Waals surface area contributed by atoms with Gasteiger partial charge in [0.2, 0.25) is 0 Å². The van der Waals surface area contributed by atoms with Crippen LogP contribution in [-0.4, -0.2) is 31.3 Å². The summed E-state index contributed by atoms with van der Waals surface area (Å²) in [6.45, 7) is 4.21. The minimum atomic E-state index is -1.42. The third-order valence-electron chi connectivity index (χ3n) is 5.38. The molecule has 0 spiro atoms. The van der Waals surface area contributed by atoms with Gasteiger partial charge in [0.25, 0.3) is 0 Å². The molecule has 152 valence electrons. The van der Waals surface area contributed by atoms with Gasteiger partial charge in [-0.15, -0.1) is 0 Å². The van der Waals surface area contributed by atoms with Crippen molar-refractivity contribution >= 4 is 11.9 Å². The molecule has 1 aromatic rings. The van der Waals surface area contributed by atoms with Crippen molar-refractivity contribution in [3.05, 3.63) is 28.3 Å². The maximum Gasteiger partial charge on any atom is 0.323 e. The first kappa shape index (κ1) is 21.8. The van der Waals surface area contributed by atoms with Gasteiger partial charge in [-0.05, 0) is 42.9 Å². The third kappa shape index (κ3) is 4.16. The number of phenols is 1. The van der Waals surface area contributed by atoms with Crippen LogP contribution in [0.25, 0.3) is 0 Å². The summed E-state index contributed by atoms with van der Waals surface area (Å²) < 4.78 is 9.86. The van der Waals surface area contributed by atoms with Crippen molar-refractivity contribution in [1.29, 1.82) is 0 Å². The number of esters is 2. The zero-order valence-electron chi connectivity index (χ0n) is 17.3. The lowest BCUT2D eigenvalue weighted by atomic mass is 9.84. The van der Waals surface area contributed by atoms with Gasteiger partial charge in [-0.25, -0.2) is 0 Å². The first-order valence-electron chi connectivity index (χ1n) is 9.97. The van der Waals surface area contributed by atoms with Gasteiger partial charge in [-0.2, -0.15) is 0 Å². The van der Waals surface area contributed by atoms with Crippen molar-refractivity contribution in [3.63, 3.8) is 0 Å². The summed E-state index contributed by atoms with van der Waals surface area (Å²) in [6.07, 6.45) is 5.79. The summed E-state index contributed by atoms with van der Waals surface area (Å²) in [7, 11) is 2.54. The van der Waals surface area contributed by atoms with Gasteiger partial charge >= 0.3 is 11.9 Å². The molecule has 2 rings (SSSR count). The Bertz CT molecular complexity index is 781. The summed E-state index contributed by atoms with van der Waals surface area (Å²) in [4.78, 5) is 25.1. The smallest absolute Gasteiger partial charge is 0.323 e. The number of carbonyl (C=O) groups is 2. The fraction of sp³-hybridized carbons (Fsp3) is 0.565. The summed E-state index contributed by atoms with van der Waals surface area (Å²) in [5, 5.41) is 10.6. The van der Waals surface area contributed by atoms with E-state index in [0.717, 1.165) is 54.4 Å². The van der Waals surface area contributed by atoms with E-state index >= 15 is 0 Å². The topological polar surface area (TPSA) is 72.8 Å². The van der Waals surface area contributed by atoms with E-state index in [-0.39, 0.29) is 18.6 Å². The van der Waals surface area contributed by atoms with Crippen molar-refractivity contribution in [3.8, 4) is 17.6 Å². The van der Waals surface area contributed by atoms with E-state index in [2.05, 4.69) is 25.7 Å². The molecule has 0 aromatic heterocycles. The lowest BCUT2D eigenvalue weighted by Gasteiger charge is -2.22. The molecule has 0 atom stereocenters. The summed E-state index contributed by atoms with van der Waals surface area (Å²) in [5.74, 6) is 5.38. The van der Waals surface area contributed by atoms with Crippen LogP contribution in [0, 0.1) is 17.3 Å². The molecule has 0 heterocycles. The maximum absolute atomic E-state index is 12.5. The largest absolute Gasteiger partial charge is 0.508 e. The van der Waals surface area contributed by atoms with Gasteiger partial charge < -0.3 is 14.6 Å². The number of aromatic hydroxyl groups is 1. The molecule has 1 N–H and O–H groups in total. The third-order valence-corrected chi connectivity index (χ3v) is 5.38. The van der Waals surface area contributed by atoms with E-state index in [4.69, 9.17) is 9.47 Å². The zero-order chi connectivity index (χ0) is 20.7. The molecule has 0 unspecified atom stereocenters. The maximum atomic E-state index is 12.5. The molecule has 0 radical (unpaired) electrons. The average molecular weight is 386 g/mol. The second kappa shape index (κ2) is 9.64. The molecule has 0 amide bonds. The first-order chi connectivity index (χ1) is 13.4. The fourth-order valence-corrected chi connectivity index (χ4v) is 3.80. The van der Waals surface area contributed by atoms with Crippen LogP contribution < -0.4 is 0 Å². The van der Waals surface area contributed by atoms with Gasteiger partial charge in [0.05, 0.1) is 14.2 Å². The molecular weight excluding hydrogens is 356 g/mol. The summed E-state index contributed by atoms with van der Waals surface area (Å²) in [6, 6.07) is 1.67. The van der Waals surface area contributed by atoms with E-state index in [0.29, 0.717) is 6.42 Å². The number of hydrogen-bond donors (Lipinski definition) is 1. The normalized spacial score (nSPS) is 14.0. The van der Waals surface area contributed by atoms with Crippen molar-refractivity contribution in [2.75, 3.05) is 14.2 Å². The van der Waals surface area contributed by atoms with Crippen molar-refractivity contribution in [2.24, 2.45) is 5.41 Å². The van der Waals surface area contributed by atoms with Crippen LogP contribution >= 0.6 is 0 Å². The Kier molecular flexibility index (Phi) is 7.51. The first-order valence-corrected chi connectivity index (χ1v) is 9.97. The monoisotopic (exact) mass is 386 g/mol. The number of phenolic OH excluding ortho intramolecular Hbond substituents is 1. The van der Waals surface area contributed by atoms with E-state index in [1.54, 1.807) is 6.07 Å². The highest BCUT2D eigenvalue weighted by Gasteiger charge is 2.53. The number of methoxy groups -OCH3 is 2. The van der Waals surface area contributed by atoms with Gasteiger partial charge in [0.1, 0.15) is 5.75 Å². The highest BCUT2D eigenvalue weighted by Crippen LogP contribution is 2.44. The molecule has 28 heavy (non-hydrogen) atoms. The van der Waals surface area contributed by atoms with Gasteiger partial charge in [-0.3, -0.25) is 9.59 Å². The fourth-order valence-electron chi connectivity index (χ4n) is 3.80. The van der Waals surface area contributed by atoms with Crippen LogP contribution in [-0.2, 0) is 38.3 Å². The molecule has 5 heteroatoms. The second-order valence-corrected chi connectivity index (χ2v) is 7.31. The van der Waals surface area contributed by atoms with Crippen molar-refractivity contribution < 1.29 is 24.2 Å². The predicted octanol–water partition coefficient (Wildman–Crippen LogP) is 3.71. The molecule has 0 saturated heterocycles. The van der Waals surface area contributed by atoms with Crippen molar-refractivity contribution in [2.45, 2.75) is 65.2 Å². The SMILES string of the molecule is CCCCC#Cc1c(CCCC)c(O)cc2c1CC(C(=O)OC)(C(=O)OC)C2. The minimum Gasteiger partial charge on any atom is -0.508 e. The highest BCUT2D eigenvalue weighted by atomic mass is 16.5. The van der Waals surface area contributed by atoms with Gasteiger partial charge in [0, 0.05) is 24.0 Å². The van der Waals surface area contributed by atoms with Gasteiger partial charge in [0.15, 0.2) is 5.41 Å². The number of ether oxygens (including phenoxy) is 2. The molecule has 1 aromatic carbocycles. The average Bonchev–Trinajstić information content (AvgIpc) is 3.09. The second-order valence-electron chi connectivity index (χ2n) is 7.31. The van der Waals surface area contributed by atoms with Gasteiger partial charge in [-0.1, -0.05) is 38.5 Å². The number of fused-ring (bicyclic) bond motifs is 1. The molecule has 5 nitrogen and oxygen atoms in total. The highest BCUT2D eigenvalue weighted by molar-refractivity contribution is 6.01. The number of carbonyl (C=O) groups excluding carboxylic acids is 2. The molecule has 0 fully saturated rings. The number of hydrogen-bond acceptors (Lipinski definition) is 5. The van der Waals surface area contributed by atoms with Crippen LogP contribution in [0.1, 0.15) is 68.2 Å². The Morgan fingerprint density at radius 3 is 2.32 bits per heavy atom. The molecule has 0 saturated carbocycles. The van der Waals surface area contributed by atoms with Crippen LogP contribution in [0.5, 0.6) is 5.75 Å². The lowest BCUT2D eigenvalue weighted by Crippen LogP contribution is -2.42. The number of rotatable bonds is 7. The Hall–Kier alpha value is -2.48. The molecule has 0 bridgehead atoms. The van der Waals surface area contributed by atoms with E-state index in [1.807, 2.05) is 0 Å². The predicted molar refractivity (Wildman–Crippen MR) is 107 cm³/mol. The van der Waals surface area contributed by atoms with Crippen LogP contribution in [0.4, 0.5) is 0 Å². The zero-order valence-corrected chi connectivity index (χ0v) is 17.3. The lowest BCUT2D eigenvalue weighted by molar-refractivity contribution is -0.168. The Morgan fingerprint density at radius 1 is 1.11 bits per heavy atom.